The number of hydrogen-bond donors (Lipinski definition) is 1. The highest BCUT2D eigenvalue weighted by Gasteiger charge is 2.03. The predicted molar refractivity (Wildman–Crippen MR) is 64.3 cm³/mol. The predicted octanol–water partition coefficient (Wildman–Crippen LogP) is 3.56. The minimum Gasteiger partial charge on any atom is -0.343 e. The van der Waals surface area contributed by atoms with Crippen LogP contribution in [0.5, 0.6) is 0 Å². The molecule has 0 unspecified atom stereocenters. The lowest BCUT2D eigenvalue weighted by Crippen LogP contribution is -1.93. The average Bonchev–Trinajstić information content (AvgIpc) is 2.14. The first-order valence-electron chi connectivity index (χ1n) is 4.90. The summed E-state index contributed by atoms with van der Waals surface area (Å²) in [5, 5.41) is 0. The number of aromatic nitrogens is 2. The molecule has 1 N–H and O–H groups in total. The van der Waals surface area contributed by atoms with Crippen LogP contribution in [0.3, 0.4) is 0 Å². The molecule has 0 amide bonds. The van der Waals surface area contributed by atoms with Gasteiger partial charge in [0.2, 0.25) is 0 Å². The van der Waals surface area contributed by atoms with Gasteiger partial charge >= 0.3 is 0 Å². The van der Waals surface area contributed by atoms with Gasteiger partial charge in [-0.3, -0.25) is 0 Å². The summed E-state index contributed by atoms with van der Waals surface area (Å²) in [7, 11) is 0. The minimum absolute atomic E-state index is 0.266. The van der Waals surface area contributed by atoms with Crippen LogP contribution in [-0.4, -0.2) is 9.97 Å². The van der Waals surface area contributed by atoms with E-state index in [0.29, 0.717) is 16.0 Å². The molecule has 0 fully saturated rings. The van der Waals surface area contributed by atoms with E-state index in [2.05, 4.69) is 9.97 Å². The molecule has 2 rings (SSSR count). The number of nitrogens with zero attached hydrogens (tertiary/aromatic N) is 1. The molecule has 0 bridgehead atoms. The fourth-order valence-electron chi connectivity index (χ4n) is 1.59. The van der Waals surface area contributed by atoms with Gasteiger partial charge in [0.15, 0.2) is 0 Å². The Morgan fingerprint density at radius 2 is 1.94 bits per heavy atom. The summed E-state index contributed by atoms with van der Waals surface area (Å²) in [5.41, 5.74) is 2.49. The number of nitrogens with one attached hydrogen (secondary N) is 1. The highest BCUT2D eigenvalue weighted by atomic mass is 32.1. The number of halogens is 1. The Kier molecular flexibility index (Phi) is 2.83. The smallest absolute Gasteiger partial charge is 0.139 e. The highest BCUT2D eigenvalue weighted by molar-refractivity contribution is 7.71. The molecule has 1 heterocycles. The van der Waals surface area contributed by atoms with E-state index < -0.39 is 0 Å². The summed E-state index contributed by atoms with van der Waals surface area (Å²) in [6.45, 7) is 3.74. The normalized spacial score (nSPS) is 10.4. The molecule has 0 spiro atoms. The molecular weight excluding hydrogens is 223 g/mol. The maximum Gasteiger partial charge on any atom is 0.139 e. The van der Waals surface area contributed by atoms with Crippen LogP contribution in [-0.2, 0) is 0 Å². The molecule has 0 saturated carbocycles. The molecule has 0 atom stereocenters. The number of H-pyrrole nitrogens is 1. The number of hydrogen-bond acceptors (Lipinski definition) is 2. The zero-order chi connectivity index (χ0) is 11.7. The van der Waals surface area contributed by atoms with E-state index in [1.54, 1.807) is 6.07 Å². The lowest BCUT2D eigenvalue weighted by Gasteiger charge is -2.04. The molecule has 16 heavy (non-hydrogen) atoms. The first-order valence-corrected chi connectivity index (χ1v) is 5.31. The summed E-state index contributed by atoms with van der Waals surface area (Å²) in [5.74, 6) is 0.338. The molecule has 1 aromatic heterocycles. The Balaban J connectivity index is 2.62. The molecule has 0 aliphatic rings. The first kappa shape index (κ1) is 11.0. The summed E-state index contributed by atoms with van der Waals surface area (Å²) in [6, 6.07) is 6.56. The molecule has 82 valence electrons. The van der Waals surface area contributed by atoms with Crippen molar-refractivity contribution in [2.75, 3.05) is 0 Å². The first-order chi connectivity index (χ1) is 7.54. The van der Waals surface area contributed by atoms with Crippen molar-refractivity contribution in [2.45, 2.75) is 13.8 Å². The van der Waals surface area contributed by atoms with E-state index in [9.17, 15) is 4.39 Å². The Labute approximate surface area is 98.2 Å². The van der Waals surface area contributed by atoms with Gasteiger partial charge in [-0.1, -0.05) is 12.2 Å². The second-order valence-electron chi connectivity index (χ2n) is 3.77. The zero-order valence-electron chi connectivity index (χ0n) is 9.04. The monoisotopic (exact) mass is 234 g/mol. The van der Waals surface area contributed by atoms with Crippen molar-refractivity contribution in [3.05, 3.63) is 46.0 Å². The second kappa shape index (κ2) is 4.14. The molecule has 0 saturated heterocycles. The van der Waals surface area contributed by atoms with Gasteiger partial charge in [0.25, 0.3) is 0 Å². The fraction of sp³-hybridized carbons (Fsp3) is 0.167. The lowest BCUT2D eigenvalue weighted by atomic mass is 10.1. The number of rotatable bonds is 1. The van der Waals surface area contributed by atoms with Gasteiger partial charge in [0, 0.05) is 11.3 Å². The fourth-order valence-corrected chi connectivity index (χ4v) is 1.86. The largest absolute Gasteiger partial charge is 0.343 e. The molecular formula is C12H11FN2S. The number of benzene rings is 1. The van der Waals surface area contributed by atoms with E-state index in [0.717, 1.165) is 11.3 Å². The van der Waals surface area contributed by atoms with Gasteiger partial charge < -0.3 is 4.98 Å². The van der Waals surface area contributed by atoms with Crippen LogP contribution in [0.2, 0.25) is 0 Å². The average molecular weight is 234 g/mol. The van der Waals surface area contributed by atoms with E-state index in [-0.39, 0.29) is 5.82 Å². The van der Waals surface area contributed by atoms with Crippen LogP contribution in [0.4, 0.5) is 4.39 Å². The summed E-state index contributed by atoms with van der Waals surface area (Å²) >= 11 is 5.03. The van der Waals surface area contributed by atoms with Crippen molar-refractivity contribution in [3.63, 3.8) is 0 Å². The quantitative estimate of drug-likeness (QED) is 0.764. The number of aromatic amines is 1. The molecule has 0 aliphatic carbocycles. The van der Waals surface area contributed by atoms with Crippen LogP contribution in [0.15, 0.2) is 24.3 Å². The molecule has 4 heteroatoms. The van der Waals surface area contributed by atoms with Crippen molar-refractivity contribution >= 4 is 12.2 Å². The minimum atomic E-state index is -0.266. The van der Waals surface area contributed by atoms with Gasteiger partial charge in [0.05, 0.1) is 0 Å². The van der Waals surface area contributed by atoms with Gasteiger partial charge in [-0.05, 0) is 43.7 Å². The lowest BCUT2D eigenvalue weighted by molar-refractivity contribution is 0.627. The molecule has 2 aromatic rings. The maximum absolute atomic E-state index is 13.2. The van der Waals surface area contributed by atoms with Crippen LogP contribution in [0.1, 0.15) is 11.3 Å². The van der Waals surface area contributed by atoms with Gasteiger partial charge in [0.1, 0.15) is 16.3 Å². The third-order valence-corrected chi connectivity index (χ3v) is 2.40. The SMILES string of the molecule is Cc1cc(F)cc(-c2nc(=S)cc(C)[nH]2)c1. The summed E-state index contributed by atoms with van der Waals surface area (Å²) < 4.78 is 13.8. The Hall–Kier alpha value is -1.55. The van der Waals surface area contributed by atoms with Crippen molar-refractivity contribution in [1.29, 1.82) is 0 Å². The third kappa shape index (κ3) is 2.33. The maximum atomic E-state index is 13.2. The summed E-state index contributed by atoms with van der Waals surface area (Å²) in [6.07, 6.45) is 0. The van der Waals surface area contributed by atoms with Gasteiger partial charge in [-0.15, -0.1) is 0 Å². The van der Waals surface area contributed by atoms with Crippen LogP contribution < -0.4 is 0 Å². The van der Waals surface area contributed by atoms with Crippen LogP contribution >= 0.6 is 12.2 Å². The van der Waals surface area contributed by atoms with Crippen LogP contribution in [0.25, 0.3) is 11.4 Å². The molecule has 1 aromatic carbocycles. The van der Waals surface area contributed by atoms with E-state index >= 15 is 0 Å². The third-order valence-electron chi connectivity index (χ3n) is 2.19. The van der Waals surface area contributed by atoms with E-state index in [4.69, 9.17) is 12.2 Å². The van der Waals surface area contributed by atoms with Crippen molar-refractivity contribution in [2.24, 2.45) is 0 Å². The van der Waals surface area contributed by atoms with Gasteiger partial charge in [-0.25, -0.2) is 9.37 Å². The highest BCUT2D eigenvalue weighted by Crippen LogP contribution is 2.18. The summed E-state index contributed by atoms with van der Waals surface area (Å²) in [4.78, 5) is 7.25. The van der Waals surface area contributed by atoms with Crippen molar-refractivity contribution in [1.82, 2.24) is 9.97 Å². The zero-order valence-corrected chi connectivity index (χ0v) is 9.86. The van der Waals surface area contributed by atoms with Gasteiger partial charge in [-0.2, -0.15) is 0 Å². The Bertz CT molecular complexity index is 570. The van der Waals surface area contributed by atoms with E-state index in [1.165, 1.54) is 12.1 Å². The molecule has 0 aliphatic heterocycles. The molecule has 0 radical (unpaired) electrons. The van der Waals surface area contributed by atoms with Crippen LogP contribution in [0, 0.1) is 24.3 Å². The van der Waals surface area contributed by atoms with Crippen molar-refractivity contribution in [3.8, 4) is 11.4 Å². The second-order valence-corrected chi connectivity index (χ2v) is 4.19. The Morgan fingerprint density at radius 3 is 2.56 bits per heavy atom. The standard InChI is InChI=1S/C12H11FN2S/c1-7-3-9(6-10(13)4-7)12-14-8(2)5-11(16)15-12/h3-6H,1-2H3,(H,14,15,16). The Morgan fingerprint density at radius 1 is 1.19 bits per heavy atom. The number of aryl methyl sites for hydroxylation is 2. The molecule has 2 nitrogen and oxygen atoms in total. The van der Waals surface area contributed by atoms with Crippen molar-refractivity contribution < 1.29 is 4.39 Å². The van der Waals surface area contributed by atoms with E-state index in [1.807, 2.05) is 19.9 Å². The topological polar surface area (TPSA) is 28.7 Å².